The maximum atomic E-state index is 2.65. The first-order chi connectivity index (χ1) is 18.5. The summed E-state index contributed by atoms with van der Waals surface area (Å²) in [5, 5.41) is 4.16. The van der Waals surface area contributed by atoms with Gasteiger partial charge in [-0.25, -0.2) is 4.57 Å². The van der Waals surface area contributed by atoms with E-state index in [1.54, 1.807) is 0 Å². The molecule has 0 aliphatic heterocycles. The second-order valence-corrected chi connectivity index (χ2v) is 13.1. The fourth-order valence-corrected chi connectivity index (χ4v) is 6.92. The molecular formula is C37H47N2+. The molecule has 0 fully saturated rings. The number of benzene rings is 3. The first kappa shape index (κ1) is 27.4. The number of aromatic nitrogens is 2. The molecule has 0 aliphatic carbocycles. The third-order valence-electron chi connectivity index (χ3n) is 8.32. The van der Waals surface area contributed by atoms with E-state index >= 15 is 0 Å². The molecule has 0 radical (unpaired) electrons. The Morgan fingerprint density at radius 2 is 1.28 bits per heavy atom. The summed E-state index contributed by atoms with van der Waals surface area (Å²) >= 11 is 0. The Kier molecular flexibility index (Phi) is 7.35. The van der Waals surface area contributed by atoms with E-state index in [0.29, 0.717) is 23.8 Å². The maximum Gasteiger partial charge on any atom is 0.295 e. The van der Waals surface area contributed by atoms with Crippen LogP contribution < -0.4 is 4.40 Å². The zero-order chi connectivity index (χ0) is 28.2. The summed E-state index contributed by atoms with van der Waals surface area (Å²) in [5.41, 5.74) is 12.6. The van der Waals surface area contributed by atoms with Gasteiger partial charge < -0.3 is 0 Å². The van der Waals surface area contributed by atoms with Crippen LogP contribution >= 0.6 is 0 Å². The molecule has 3 aromatic carbocycles. The third-order valence-corrected chi connectivity index (χ3v) is 8.32. The summed E-state index contributed by atoms with van der Waals surface area (Å²) in [6.45, 7) is 23.4. The molecule has 0 saturated carbocycles. The van der Waals surface area contributed by atoms with Crippen LogP contribution in [0.3, 0.4) is 0 Å². The molecule has 0 unspecified atom stereocenters. The number of hydrogen-bond donors (Lipinski definition) is 0. The Balaban J connectivity index is 2.13. The zero-order valence-electron chi connectivity index (χ0n) is 25.8. The normalized spacial score (nSPS) is 12.5. The van der Waals surface area contributed by atoms with Gasteiger partial charge in [0.2, 0.25) is 0 Å². The highest BCUT2D eigenvalue weighted by Gasteiger charge is 2.33. The zero-order valence-corrected chi connectivity index (χ0v) is 25.8. The molecular weight excluding hydrogens is 472 g/mol. The van der Waals surface area contributed by atoms with E-state index in [1.807, 2.05) is 0 Å². The minimum Gasteiger partial charge on any atom is -0.224 e. The van der Waals surface area contributed by atoms with Gasteiger partial charge in [-0.3, -0.25) is 0 Å². The van der Waals surface area contributed by atoms with Crippen LogP contribution in [0.1, 0.15) is 95.3 Å². The lowest BCUT2D eigenvalue weighted by Crippen LogP contribution is -2.26. The molecule has 2 nitrogen and oxygen atoms in total. The Morgan fingerprint density at radius 3 is 1.85 bits per heavy atom. The van der Waals surface area contributed by atoms with Gasteiger partial charge in [0.25, 0.3) is 5.65 Å². The van der Waals surface area contributed by atoms with E-state index in [9.17, 15) is 0 Å². The molecule has 2 aromatic heterocycles. The van der Waals surface area contributed by atoms with Crippen LogP contribution in [0.15, 0.2) is 54.6 Å². The number of aryl methyl sites for hydroxylation is 1. The fourth-order valence-electron chi connectivity index (χ4n) is 6.92. The smallest absolute Gasteiger partial charge is 0.224 e. The molecule has 0 aliphatic rings. The summed E-state index contributed by atoms with van der Waals surface area (Å²) < 4.78 is 5.27. The van der Waals surface area contributed by atoms with Crippen molar-refractivity contribution in [3.63, 3.8) is 0 Å². The highest BCUT2D eigenvalue weighted by atomic mass is 15.2. The minimum absolute atomic E-state index is 0.338. The van der Waals surface area contributed by atoms with Crippen LogP contribution in [-0.2, 0) is 12.8 Å². The van der Waals surface area contributed by atoms with Gasteiger partial charge in [0.05, 0.1) is 11.4 Å². The van der Waals surface area contributed by atoms with E-state index < -0.39 is 0 Å². The van der Waals surface area contributed by atoms with Crippen LogP contribution in [0, 0.1) is 25.7 Å². The van der Waals surface area contributed by atoms with Crippen molar-refractivity contribution in [2.24, 2.45) is 11.8 Å². The number of imidazole rings is 1. The van der Waals surface area contributed by atoms with E-state index in [2.05, 4.69) is 133 Å². The third kappa shape index (κ3) is 4.56. The van der Waals surface area contributed by atoms with E-state index in [0.717, 1.165) is 12.8 Å². The van der Waals surface area contributed by atoms with Gasteiger partial charge >= 0.3 is 0 Å². The quantitative estimate of drug-likeness (QED) is 0.149. The molecule has 5 aromatic rings. The van der Waals surface area contributed by atoms with Crippen molar-refractivity contribution in [1.29, 1.82) is 0 Å². The molecule has 204 valence electrons. The standard InChI is InChI=1S/C37H47N2/c1-22(2)20-28-15-12-16-29(21-23(3)4)34(28)36-27(10)38(25(7)8)37-35-30(24(5)6)17-13-18-31(35)33-26(9)14-11-19-32(33)39(36)37/h11-19,22-25H,20-21H2,1-10H3/q+1. The molecule has 0 atom stereocenters. The van der Waals surface area contributed by atoms with Gasteiger partial charge in [0, 0.05) is 23.3 Å². The highest BCUT2D eigenvalue weighted by Crippen LogP contribution is 2.40. The summed E-state index contributed by atoms with van der Waals surface area (Å²) in [6, 6.07) is 21.2. The Hall–Kier alpha value is -3.13. The molecule has 2 heterocycles. The first-order valence-electron chi connectivity index (χ1n) is 15.0. The molecule has 39 heavy (non-hydrogen) atoms. The lowest BCUT2D eigenvalue weighted by molar-refractivity contribution is -0.467. The van der Waals surface area contributed by atoms with Gasteiger partial charge in [-0.1, -0.05) is 90.1 Å². The largest absolute Gasteiger partial charge is 0.295 e. The number of hydrogen-bond acceptors (Lipinski definition) is 0. The fraction of sp³-hybridized carbons (Fsp3) is 0.432. The van der Waals surface area contributed by atoms with Crippen molar-refractivity contribution in [3.05, 3.63) is 82.5 Å². The molecule has 0 bridgehead atoms. The van der Waals surface area contributed by atoms with E-state index in [-0.39, 0.29) is 0 Å². The van der Waals surface area contributed by atoms with Crippen molar-refractivity contribution < 1.29 is 4.40 Å². The average molecular weight is 520 g/mol. The number of rotatable bonds is 7. The molecule has 0 saturated heterocycles. The SMILES string of the molecule is Cc1cccc2c1c1cccc(C(C)C)c1c1n(C(C)C)c(C)c(-c3c(CC(C)C)cccc3CC(C)C)[n+]21. The predicted molar refractivity (Wildman–Crippen MR) is 169 cm³/mol. The van der Waals surface area contributed by atoms with Crippen LogP contribution in [0.4, 0.5) is 0 Å². The summed E-state index contributed by atoms with van der Waals surface area (Å²) in [5.74, 6) is 1.62. The lowest BCUT2D eigenvalue weighted by atomic mass is 9.88. The molecule has 0 amide bonds. The second kappa shape index (κ2) is 10.5. The summed E-state index contributed by atoms with van der Waals surface area (Å²) in [6.07, 6.45) is 2.16. The monoisotopic (exact) mass is 519 g/mol. The van der Waals surface area contributed by atoms with Crippen LogP contribution in [0.2, 0.25) is 0 Å². The molecule has 5 rings (SSSR count). The van der Waals surface area contributed by atoms with E-state index in [4.69, 9.17) is 0 Å². The van der Waals surface area contributed by atoms with Crippen molar-refractivity contribution in [2.75, 3.05) is 0 Å². The summed E-state index contributed by atoms with van der Waals surface area (Å²) in [4.78, 5) is 0. The Labute approximate surface area is 235 Å². The van der Waals surface area contributed by atoms with Gasteiger partial charge in [-0.05, 0) is 79.7 Å². The molecule has 0 N–H and O–H groups in total. The number of pyridine rings is 1. The lowest BCUT2D eigenvalue weighted by Gasteiger charge is -2.17. The maximum absolute atomic E-state index is 2.65. The van der Waals surface area contributed by atoms with E-state index in [1.165, 1.54) is 66.5 Å². The second-order valence-electron chi connectivity index (χ2n) is 13.1. The van der Waals surface area contributed by atoms with Crippen molar-refractivity contribution in [2.45, 2.75) is 94.0 Å². The Bertz CT molecular complexity index is 1650. The predicted octanol–water partition coefficient (Wildman–Crippen LogP) is 9.92. The van der Waals surface area contributed by atoms with Gasteiger partial charge in [-0.2, -0.15) is 4.40 Å². The van der Waals surface area contributed by atoms with Crippen LogP contribution in [0.25, 0.3) is 38.6 Å². The molecule has 0 spiro atoms. The van der Waals surface area contributed by atoms with Gasteiger partial charge in [0.15, 0.2) is 5.69 Å². The van der Waals surface area contributed by atoms with Crippen LogP contribution in [-0.4, -0.2) is 4.57 Å². The van der Waals surface area contributed by atoms with Crippen molar-refractivity contribution >= 4 is 27.3 Å². The minimum atomic E-state index is 0.338. The first-order valence-corrected chi connectivity index (χ1v) is 15.0. The van der Waals surface area contributed by atoms with Crippen molar-refractivity contribution in [3.8, 4) is 11.3 Å². The number of fused-ring (bicyclic) bond motifs is 6. The van der Waals surface area contributed by atoms with Crippen LogP contribution in [0.5, 0.6) is 0 Å². The molecule has 2 heteroatoms. The van der Waals surface area contributed by atoms with Gasteiger partial charge in [-0.15, -0.1) is 0 Å². The Morgan fingerprint density at radius 1 is 0.692 bits per heavy atom. The average Bonchev–Trinajstić information content (AvgIpc) is 3.16. The van der Waals surface area contributed by atoms with Crippen molar-refractivity contribution in [1.82, 2.24) is 4.57 Å². The number of nitrogens with zero attached hydrogens (tertiary/aromatic N) is 2. The van der Waals surface area contributed by atoms with Gasteiger partial charge in [0.1, 0.15) is 11.2 Å². The summed E-state index contributed by atoms with van der Waals surface area (Å²) in [7, 11) is 0. The highest BCUT2D eigenvalue weighted by molar-refractivity contribution is 6.12. The topological polar surface area (TPSA) is 9.03 Å².